The molecular weight excluding hydrogens is 307 g/mol. The maximum atomic E-state index is 13.0. The van der Waals surface area contributed by atoms with Crippen LogP contribution in [0.15, 0.2) is 54.6 Å². The third-order valence-electron chi connectivity index (χ3n) is 3.83. The first-order valence-corrected chi connectivity index (χ1v) is 7.60. The van der Waals surface area contributed by atoms with E-state index < -0.39 is 0 Å². The third kappa shape index (κ3) is 3.17. The molecule has 24 heavy (non-hydrogen) atoms. The summed E-state index contributed by atoms with van der Waals surface area (Å²) in [6.07, 6.45) is 0. The molecule has 1 aromatic heterocycles. The summed E-state index contributed by atoms with van der Waals surface area (Å²) in [5.41, 5.74) is 2.51. The number of benzene rings is 2. The molecule has 0 aliphatic carbocycles. The minimum absolute atomic E-state index is 0.144. The van der Waals surface area contributed by atoms with Gasteiger partial charge in [-0.3, -0.25) is 4.79 Å². The Kier molecular flexibility index (Phi) is 4.37. The highest BCUT2D eigenvalue weighted by atomic mass is 19.1. The first-order valence-electron chi connectivity index (χ1n) is 7.60. The Morgan fingerprint density at radius 1 is 1.12 bits per heavy atom. The van der Waals surface area contributed by atoms with Crippen LogP contribution in [-0.4, -0.2) is 20.9 Å². The summed E-state index contributed by atoms with van der Waals surface area (Å²) in [6, 6.07) is 15.4. The van der Waals surface area contributed by atoms with Crippen LogP contribution < -0.4 is 5.32 Å². The fourth-order valence-electron chi connectivity index (χ4n) is 2.46. The quantitative estimate of drug-likeness (QED) is 0.802. The fraction of sp³-hybridized carbons (Fsp3) is 0.167. The van der Waals surface area contributed by atoms with Crippen LogP contribution in [0.1, 0.15) is 34.7 Å². The fourth-order valence-corrected chi connectivity index (χ4v) is 2.46. The molecule has 0 fully saturated rings. The second-order valence-corrected chi connectivity index (χ2v) is 5.52. The van der Waals surface area contributed by atoms with Crippen molar-refractivity contribution in [2.45, 2.75) is 19.9 Å². The number of hydrogen-bond acceptors (Lipinski definition) is 3. The molecule has 0 bridgehead atoms. The molecule has 1 N–H and O–H groups in total. The highest BCUT2D eigenvalue weighted by molar-refractivity contribution is 5.93. The number of amides is 1. The average molecular weight is 324 g/mol. The first-order chi connectivity index (χ1) is 11.6. The van der Waals surface area contributed by atoms with Crippen molar-refractivity contribution in [1.82, 2.24) is 20.3 Å². The zero-order valence-electron chi connectivity index (χ0n) is 13.4. The number of aromatic nitrogens is 3. The molecule has 6 heteroatoms. The lowest BCUT2D eigenvalue weighted by molar-refractivity contribution is 0.0934. The van der Waals surface area contributed by atoms with Gasteiger partial charge in [0.05, 0.1) is 17.4 Å². The van der Waals surface area contributed by atoms with E-state index in [1.165, 1.54) is 16.8 Å². The van der Waals surface area contributed by atoms with Crippen LogP contribution >= 0.6 is 0 Å². The van der Waals surface area contributed by atoms with Crippen molar-refractivity contribution >= 4 is 5.91 Å². The van der Waals surface area contributed by atoms with Crippen LogP contribution in [-0.2, 0) is 0 Å². The number of halogens is 1. The molecule has 1 heterocycles. The molecule has 0 saturated heterocycles. The highest BCUT2D eigenvalue weighted by Crippen LogP contribution is 2.15. The zero-order chi connectivity index (χ0) is 17.1. The summed E-state index contributed by atoms with van der Waals surface area (Å²) in [7, 11) is 0. The second-order valence-electron chi connectivity index (χ2n) is 5.52. The Morgan fingerprint density at radius 2 is 1.79 bits per heavy atom. The van der Waals surface area contributed by atoms with E-state index >= 15 is 0 Å². The van der Waals surface area contributed by atoms with Gasteiger partial charge in [0.2, 0.25) is 0 Å². The maximum Gasteiger partial charge on any atom is 0.274 e. The third-order valence-corrected chi connectivity index (χ3v) is 3.83. The van der Waals surface area contributed by atoms with Crippen molar-refractivity contribution in [3.05, 3.63) is 77.4 Å². The van der Waals surface area contributed by atoms with E-state index in [4.69, 9.17) is 0 Å². The van der Waals surface area contributed by atoms with Gasteiger partial charge in [0, 0.05) is 0 Å². The standard InChI is InChI=1S/C18H17FN4O/c1-12(14-6-4-3-5-7-14)20-18(24)17-13(2)23(22-21-17)16-10-8-15(19)9-11-16/h3-12H,1-2H3,(H,20,24)/t12-/m0/s1. The molecule has 2 aromatic carbocycles. The Labute approximate surface area is 139 Å². The molecule has 1 amide bonds. The predicted molar refractivity (Wildman–Crippen MR) is 88.4 cm³/mol. The molecule has 0 aliphatic rings. The molecule has 122 valence electrons. The van der Waals surface area contributed by atoms with Gasteiger partial charge in [-0.15, -0.1) is 5.10 Å². The van der Waals surface area contributed by atoms with Crippen molar-refractivity contribution in [1.29, 1.82) is 0 Å². The molecule has 0 unspecified atom stereocenters. The van der Waals surface area contributed by atoms with Gasteiger partial charge in [-0.2, -0.15) is 0 Å². The largest absolute Gasteiger partial charge is 0.344 e. The molecule has 0 radical (unpaired) electrons. The lowest BCUT2D eigenvalue weighted by atomic mass is 10.1. The van der Waals surface area contributed by atoms with Crippen molar-refractivity contribution in [2.75, 3.05) is 0 Å². The summed E-state index contributed by atoms with van der Waals surface area (Å²) in [6.45, 7) is 3.67. The number of nitrogens with one attached hydrogen (secondary N) is 1. The van der Waals surface area contributed by atoms with Gasteiger partial charge in [-0.05, 0) is 43.7 Å². The van der Waals surface area contributed by atoms with E-state index in [9.17, 15) is 9.18 Å². The summed E-state index contributed by atoms with van der Waals surface area (Å²) in [5, 5.41) is 10.9. The Balaban J connectivity index is 1.80. The predicted octanol–water partition coefficient (Wildman–Crippen LogP) is 3.21. The van der Waals surface area contributed by atoms with E-state index in [1.54, 1.807) is 19.1 Å². The van der Waals surface area contributed by atoms with E-state index in [0.29, 0.717) is 11.4 Å². The minimum Gasteiger partial charge on any atom is -0.344 e. The second kappa shape index (κ2) is 6.62. The van der Waals surface area contributed by atoms with Gasteiger partial charge < -0.3 is 5.32 Å². The Morgan fingerprint density at radius 3 is 2.46 bits per heavy atom. The van der Waals surface area contributed by atoms with Gasteiger partial charge in [-0.1, -0.05) is 35.5 Å². The average Bonchev–Trinajstić information content (AvgIpc) is 2.98. The Hall–Kier alpha value is -3.02. The lowest BCUT2D eigenvalue weighted by Gasteiger charge is -2.13. The van der Waals surface area contributed by atoms with Gasteiger partial charge in [0.25, 0.3) is 5.91 Å². The molecule has 0 saturated carbocycles. The normalized spacial score (nSPS) is 12.0. The van der Waals surface area contributed by atoms with E-state index in [-0.39, 0.29) is 23.5 Å². The van der Waals surface area contributed by atoms with Crippen molar-refractivity contribution in [3.8, 4) is 5.69 Å². The van der Waals surface area contributed by atoms with Crippen molar-refractivity contribution in [2.24, 2.45) is 0 Å². The minimum atomic E-state index is -0.328. The maximum absolute atomic E-state index is 13.0. The van der Waals surface area contributed by atoms with Gasteiger partial charge in [0.15, 0.2) is 5.69 Å². The van der Waals surface area contributed by atoms with E-state index in [2.05, 4.69) is 15.6 Å². The number of carbonyl (C=O) groups is 1. The number of hydrogen-bond donors (Lipinski definition) is 1. The summed E-state index contributed by atoms with van der Waals surface area (Å²) in [4.78, 5) is 12.5. The van der Waals surface area contributed by atoms with Gasteiger partial charge in [-0.25, -0.2) is 9.07 Å². The van der Waals surface area contributed by atoms with Crippen LogP contribution in [0.3, 0.4) is 0 Å². The SMILES string of the molecule is Cc1c(C(=O)N[C@@H](C)c2ccccc2)nnn1-c1ccc(F)cc1. The summed E-state index contributed by atoms with van der Waals surface area (Å²) in [5.74, 6) is -0.622. The van der Waals surface area contributed by atoms with E-state index in [0.717, 1.165) is 5.56 Å². The van der Waals surface area contributed by atoms with E-state index in [1.807, 2.05) is 37.3 Å². The first kappa shape index (κ1) is 15.9. The van der Waals surface area contributed by atoms with Crippen LogP contribution in [0.4, 0.5) is 4.39 Å². The van der Waals surface area contributed by atoms with Crippen LogP contribution in [0.25, 0.3) is 5.69 Å². The molecule has 1 atom stereocenters. The van der Waals surface area contributed by atoms with Crippen LogP contribution in [0.2, 0.25) is 0 Å². The van der Waals surface area contributed by atoms with Crippen molar-refractivity contribution in [3.63, 3.8) is 0 Å². The molecule has 3 aromatic rings. The Bertz CT molecular complexity index is 843. The molecule has 0 spiro atoms. The molecule has 5 nitrogen and oxygen atoms in total. The zero-order valence-corrected chi connectivity index (χ0v) is 13.4. The molecule has 0 aliphatic heterocycles. The number of nitrogens with zero attached hydrogens (tertiary/aromatic N) is 3. The molecular formula is C18H17FN4O. The monoisotopic (exact) mass is 324 g/mol. The highest BCUT2D eigenvalue weighted by Gasteiger charge is 2.19. The summed E-state index contributed by atoms with van der Waals surface area (Å²) < 4.78 is 14.5. The number of rotatable bonds is 4. The van der Waals surface area contributed by atoms with Gasteiger partial charge >= 0.3 is 0 Å². The smallest absolute Gasteiger partial charge is 0.274 e. The van der Waals surface area contributed by atoms with Crippen LogP contribution in [0.5, 0.6) is 0 Å². The number of carbonyl (C=O) groups excluding carboxylic acids is 1. The van der Waals surface area contributed by atoms with Gasteiger partial charge in [0.1, 0.15) is 5.82 Å². The van der Waals surface area contributed by atoms with Crippen LogP contribution in [0, 0.1) is 12.7 Å². The molecule has 3 rings (SSSR count). The summed E-state index contributed by atoms with van der Waals surface area (Å²) >= 11 is 0. The topological polar surface area (TPSA) is 59.8 Å². The lowest BCUT2D eigenvalue weighted by Crippen LogP contribution is -2.27. The van der Waals surface area contributed by atoms with Crippen molar-refractivity contribution < 1.29 is 9.18 Å².